The molecule has 4 bridgehead atoms. The highest BCUT2D eigenvalue weighted by atomic mass is 35.5. The first-order valence-electron chi connectivity index (χ1n) is 9.00. The van der Waals surface area contributed by atoms with Crippen molar-refractivity contribution in [2.24, 2.45) is 23.2 Å². The van der Waals surface area contributed by atoms with Gasteiger partial charge in [-0.3, -0.25) is 20.4 Å². The van der Waals surface area contributed by atoms with E-state index in [1.807, 2.05) is 0 Å². The van der Waals surface area contributed by atoms with Gasteiger partial charge in [0.1, 0.15) is 5.75 Å². The number of hydrogen-bond donors (Lipinski definition) is 3. The number of benzene rings is 1. The number of halogens is 1. The van der Waals surface area contributed by atoms with Crippen molar-refractivity contribution in [2.75, 3.05) is 0 Å². The van der Waals surface area contributed by atoms with Crippen LogP contribution in [0, 0.1) is 23.2 Å². The molecular formula is C19H23ClN2O3. The first kappa shape index (κ1) is 16.7. The van der Waals surface area contributed by atoms with Crippen LogP contribution in [0.3, 0.4) is 0 Å². The monoisotopic (exact) mass is 362 g/mol. The Labute approximate surface area is 152 Å². The minimum absolute atomic E-state index is 0.0796. The summed E-state index contributed by atoms with van der Waals surface area (Å²) in [6.07, 6.45) is 8.01. The molecule has 1 aromatic carbocycles. The molecule has 4 saturated carbocycles. The van der Waals surface area contributed by atoms with Crippen molar-refractivity contribution in [3.05, 3.63) is 28.8 Å². The number of hydrogen-bond acceptors (Lipinski definition) is 3. The number of amides is 2. The summed E-state index contributed by atoms with van der Waals surface area (Å²) in [5.74, 6) is 1.75. The van der Waals surface area contributed by atoms with E-state index in [9.17, 15) is 14.7 Å². The van der Waals surface area contributed by atoms with Crippen LogP contribution >= 0.6 is 11.6 Å². The van der Waals surface area contributed by atoms with E-state index < -0.39 is 5.91 Å². The lowest BCUT2D eigenvalue weighted by Gasteiger charge is -2.56. The molecule has 1 aromatic rings. The van der Waals surface area contributed by atoms with Gasteiger partial charge in [0.15, 0.2) is 0 Å². The Bertz CT molecular complexity index is 683. The van der Waals surface area contributed by atoms with Crippen molar-refractivity contribution in [1.82, 2.24) is 10.9 Å². The highest BCUT2D eigenvalue weighted by molar-refractivity contribution is 6.32. The molecule has 2 amide bonds. The molecule has 0 heterocycles. The fourth-order valence-electron chi connectivity index (χ4n) is 5.74. The summed E-state index contributed by atoms with van der Waals surface area (Å²) >= 11 is 5.81. The zero-order valence-corrected chi connectivity index (χ0v) is 14.8. The summed E-state index contributed by atoms with van der Waals surface area (Å²) in [7, 11) is 0. The van der Waals surface area contributed by atoms with E-state index in [0.717, 1.165) is 37.0 Å². The van der Waals surface area contributed by atoms with E-state index >= 15 is 0 Å². The lowest BCUT2D eigenvalue weighted by Crippen LogP contribution is -2.50. The first-order valence-corrected chi connectivity index (χ1v) is 9.38. The number of phenols is 1. The van der Waals surface area contributed by atoms with Crippen LogP contribution in [-0.2, 0) is 4.79 Å². The lowest BCUT2D eigenvalue weighted by molar-refractivity contribution is -0.130. The molecule has 0 aliphatic heterocycles. The fourth-order valence-corrected chi connectivity index (χ4v) is 5.92. The Balaban J connectivity index is 1.33. The normalized spacial score (nSPS) is 32.4. The summed E-state index contributed by atoms with van der Waals surface area (Å²) in [5, 5.41) is 9.50. The van der Waals surface area contributed by atoms with Gasteiger partial charge >= 0.3 is 0 Å². The van der Waals surface area contributed by atoms with Gasteiger partial charge in [-0.25, -0.2) is 0 Å². The van der Waals surface area contributed by atoms with Crippen LogP contribution in [0.5, 0.6) is 5.75 Å². The Kier molecular flexibility index (Phi) is 4.14. The quantitative estimate of drug-likeness (QED) is 0.721. The maximum atomic E-state index is 12.4. The second-order valence-corrected chi connectivity index (χ2v) is 8.67. The SMILES string of the molecule is O=C(CC12CC3CC(CC(C3)C1)C2)NNC(=O)c1ccc(O)c(Cl)c1. The molecule has 5 rings (SSSR count). The van der Waals surface area contributed by atoms with E-state index in [0.29, 0.717) is 6.42 Å². The largest absolute Gasteiger partial charge is 0.506 e. The number of phenolic OH excluding ortho intramolecular Hbond substituents is 1. The molecule has 6 heteroatoms. The van der Waals surface area contributed by atoms with Crippen LogP contribution in [0.25, 0.3) is 0 Å². The van der Waals surface area contributed by atoms with Crippen molar-refractivity contribution < 1.29 is 14.7 Å². The molecule has 5 nitrogen and oxygen atoms in total. The van der Waals surface area contributed by atoms with Crippen LogP contribution < -0.4 is 10.9 Å². The third kappa shape index (κ3) is 3.34. The molecule has 4 fully saturated rings. The Hall–Kier alpha value is -1.75. The highest BCUT2D eigenvalue weighted by Crippen LogP contribution is 2.61. The zero-order chi connectivity index (χ0) is 17.6. The summed E-state index contributed by atoms with van der Waals surface area (Å²) in [6.45, 7) is 0. The van der Waals surface area contributed by atoms with Crippen LogP contribution in [0.1, 0.15) is 55.3 Å². The van der Waals surface area contributed by atoms with Crippen LogP contribution in [0.2, 0.25) is 5.02 Å². The minimum Gasteiger partial charge on any atom is -0.506 e. The van der Waals surface area contributed by atoms with Crippen molar-refractivity contribution in [3.63, 3.8) is 0 Å². The van der Waals surface area contributed by atoms with Gasteiger partial charge in [-0.1, -0.05) is 11.6 Å². The van der Waals surface area contributed by atoms with Crippen LogP contribution in [0.4, 0.5) is 0 Å². The number of aromatic hydroxyl groups is 1. The molecule has 3 N–H and O–H groups in total. The highest BCUT2D eigenvalue weighted by Gasteiger charge is 2.51. The Morgan fingerprint density at radius 1 is 1.08 bits per heavy atom. The molecule has 0 spiro atoms. The third-order valence-electron chi connectivity index (χ3n) is 6.23. The Morgan fingerprint density at radius 3 is 2.24 bits per heavy atom. The zero-order valence-electron chi connectivity index (χ0n) is 14.1. The molecule has 4 aliphatic rings. The van der Waals surface area contributed by atoms with Gasteiger partial charge in [-0.05, 0) is 79.9 Å². The van der Waals surface area contributed by atoms with E-state index in [4.69, 9.17) is 11.6 Å². The predicted molar refractivity (Wildman–Crippen MR) is 93.9 cm³/mol. The van der Waals surface area contributed by atoms with Gasteiger partial charge in [0, 0.05) is 12.0 Å². The van der Waals surface area contributed by atoms with Gasteiger partial charge in [-0.15, -0.1) is 0 Å². The summed E-state index contributed by atoms with van der Waals surface area (Å²) < 4.78 is 0. The second kappa shape index (κ2) is 6.20. The summed E-state index contributed by atoms with van der Waals surface area (Å²) in [6, 6.07) is 4.19. The van der Waals surface area contributed by atoms with Crippen LogP contribution in [0.15, 0.2) is 18.2 Å². The van der Waals surface area contributed by atoms with E-state index in [1.54, 1.807) is 0 Å². The third-order valence-corrected chi connectivity index (χ3v) is 6.53. The number of carbonyl (C=O) groups is 2. The molecule has 0 saturated heterocycles. The maximum absolute atomic E-state index is 12.4. The van der Waals surface area contributed by atoms with Crippen molar-refractivity contribution in [3.8, 4) is 5.75 Å². The Morgan fingerprint density at radius 2 is 1.68 bits per heavy atom. The molecule has 0 atom stereocenters. The fraction of sp³-hybridized carbons (Fsp3) is 0.579. The number of nitrogens with one attached hydrogen (secondary N) is 2. The minimum atomic E-state index is -0.444. The molecule has 0 unspecified atom stereocenters. The lowest BCUT2D eigenvalue weighted by atomic mass is 9.49. The van der Waals surface area contributed by atoms with Gasteiger partial charge < -0.3 is 5.11 Å². The summed E-state index contributed by atoms with van der Waals surface area (Å²) in [4.78, 5) is 24.5. The standard InChI is InChI=1S/C19H23ClN2O3/c20-15-6-14(1-2-16(15)23)18(25)22-21-17(24)10-19-7-11-3-12(8-19)5-13(4-11)9-19/h1-2,6,11-13,23H,3-5,7-10H2,(H,21,24)(H,22,25). The van der Waals surface area contributed by atoms with Crippen molar-refractivity contribution in [2.45, 2.75) is 44.9 Å². The predicted octanol–water partition coefficient (Wildman–Crippen LogP) is 3.41. The van der Waals surface area contributed by atoms with E-state index in [1.165, 1.54) is 37.5 Å². The van der Waals surface area contributed by atoms with Gasteiger partial charge in [0.2, 0.25) is 5.91 Å². The number of hydrazine groups is 1. The average molecular weight is 363 g/mol. The molecule has 4 aliphatic carbocycles. The molecule has 25 heavy (non-hydrogen) atoms. The topological polar surface area (TPSA) is 78.4 Å². The summed E-state index contributed by atoms with van der Waals surface area (Å²) in [5.41, 5.74) is 5.43. The molecule has 0 radical (unpaired) electrons. The number of carbonyl (C=O) groups excluding carboxylic acids is 2. The van der Waals surface area contributed by atoms with Crippen molar-refractivity contribution >= 4 is 23.4 Å². The van der Waals surface area contributed by atoms with Crippen LogP contribution in [-0.4, -0.2) is 16.9 Å². The van der Waals surface area contributed by atoms with E-state index in [2.05, 4.69) is 10.9 Å². The van der Waals surface area contributed by atoms with Crippen molar-refractivity contribution in [1.29, 1.82) is 0 Å². The van der Waals surface area contributed by atoms with Gasteiger partial charge in [0.25, 0.3) is 5.91 Å². The maximum Gasteiger partial charge on any atom is 0.269 e. The molecular weight excluding hydrogens is 340 g/mol. The molecule has 0 aromatic heterocycles. The molecule has 134 valence electrons. The first-order chi connectivity index (χ1) is 11.9. The van der Waals surface area contributed by atoms with E-state index in [-0.39, 0.29) is 27.7 Å². The van der Waals surface area contributed by atoms with Gasteiger partial charge in [-0.2, -0.15) is 0 Å². The smallest absolute Gasteiger partial charge is 0.269 e. The van der Waals surface area contributed by atoms with Gasteiger partial charge in [0.05, 0.1) is 5.02 Å². The average Bonchev–Trinajstić information content (AvgIpc) is 2.53. The second-order valence-electron chi connectivity index (χ2n) is 8.26. The number of rotatable bonds is 3.